The third-order valence-electron chi connectivity index (χ3n) is 5.74. The van der Waals surface area contributed by atoms with Crippen LogP contribution in [0.25, 0.3) is 6.08 Å². The molecule has 3 nitrogen and oxygen atoms in total. The maximum Gasteiger partial charge on any atom is 0.185 e. The van der Waals surface area contributed by atoms with Gasteiger partial charge in [0.2, 0.25) is 0 Å². The summed E-state index contributed by atoms with van der Waals surface area (Å²) in [6.07, 6.45) is 24.0. The van der Waals surface area contributed by atoms with Crippen LogP contribution in [0.5, 0.6) is 5.75 Å². The second-order valence-corrected chi connectivity index (χ2v) is 8.51. The van der Waals surface area contributed by atoms with Gasteiger partial charge in [-0.2, -0.15) is 0 Å². The van der Waals surface area contributed by atoms with E-state index in [1.807, 2.05) is 18.2 Å². The molecule has 0 amide bonds. The molecular formula is C28H40NO2+. The molecule has 31 heavy (non-hydrogen) atoms. The van der Waals surface area contributed by atoms with Gasteiger partial charge >= 0.3 is 0 Å². The zero-order chi connectivity index (χ0) is 22.2. The van der Waals surface area contributed by atoms with Gasteiger partial charge in [-0.05, 0) is 30.2 Å². The van der Waals surface area contributed by atoms with Crippen LogP contribution in [0.1, 0.15) is 99.9 Å². The highest BCUT2D eigenvalue weighted by atomic mass is 16.3. The van der Waals surface area contributed by atoms with E-state index in [0.717, 1.165) is 12.1 Å². The van der Waals surface area contributed by atoms with Gasteiger partial charge in [0.25, 0.3) is 0 Å². The Hall–Kier alpha value is -2.42. The van der Waals surface area contributed by atoms with Crippen LogP contribution in [0.4, 0.5) is 0 Å². The van der Waals surface area contributed by atoms with Gasteiger partial charge in [0, 0.05) is 24.1 Å². The summed E-state index contributed by atoms with van der Waals surface area (Å²) in [5, 5.41) is 9.48. The predicted molar refractivity (Wildman–Crippen MR) is 129 cm³/mol. The van der Waals surface area contributed by atoms with E-state index < -0.39 is 0 Å². The number of hydrogen-bond donors (Lipinski definition) is 1. The third-order valence-corrected chi connectivity index (χ3v) is 5.74. The van der Waals surface area contributed by atoms with Crippen LogP contribution < -0.4 is 4.57 Å². The normalized spacial score (nSPS) is 11.3. The number of hydrogen-bond acceptors (Lipinski definition) is 2. The molecule has 0 unspecified atom stereocenters. The molecule has 0 aliphatic carbocycles. The SMILES string of the molecule is CCCCCCCCCCCCCC[n+]1ccc(/C=C/C(=O)c2cccc(O)c2)cc1. The largest absolute Gasteiger partial charge is 0.508 e. The number of pyridine rings is 1. The number of unbranched alkanes of at least 4 members (excludes halogenated alkanes) is 11. The van der Waals surface area contributed by atoms with Crippen molar-refractivity contribution in [3.05, 3.63) is 66.0 Å². The lowest BCUT2D eigenvalue weighted by Gasteiger charge is -2.02. The van der Waals surface area contributed by atoms with Gasteiger partial charge in [0.1, 0.15) is 12.3 Å². The number of aromatic hydroxyl groups is 1. The molecule has 0 atom stereocenters. The second kappa shape index (κ2) is 15.4. The molecule has 0 radical (unpaired) electrons. The van der Waals surface area contributed by atoms with Crippen molar-refractivity contribution in [3.63, 3.8) is 0 Å². The van der Waals surface area contributed by atoms with Crippen LogP contribution in [-0.4, -0.2) is 10.9 Å². The first kappa shape index (κ1) is 24.8. The van der Waals surface area contributed by atoms with E-state index in [1.165, 1.54) is 83.1 Å². The molecule has 2 rings (SSSR count). The van der Waals surface area contributed by atoms with E-state index in [4.69, 9.17) is 0 Å². The summed E-state index contributed by atoms with van der Waals surface area (Å²) in [7, 11) is 0. The van der Waals surface area contributed by atoms with Crippen molar-refractivity contribution in [2.75, 3.05) is 0 Å². The minimum atomic E-state index is -0.107. The topological polar surface area (TPSA) is 41.2 Å². The van der Waals surface area contributed by atoms with Gasteiger partial charge in [0.15, 0.2) is 18.2 Å². The van der Waals surface area contributed by atoms with E-state index in [0.29, 0.717) is 5.56 Å². The van der Waals surface area contributed by atoms with E-state index in [9.17, 15) is 9.90 Å². The van der Waals surface area contributed by atoms with Crippen LogP contribution in [0.15, 0.2) is 54.9 Å². The number of nitrogens with zero attached hydrogens (tertiary/aromatic N) is 1. The minimum Gasteiger partial charge on any atom is -0.508 e. The second-order valence-electron chi connectivity index (χ2n) is 8.51. The average Bonchev–Trinajstić information content (AvgIpc) is 2.79. The highest BCUT2D eigenvalue weighted by Gasteiger charge is 2.03. The number of rotatable bonds is 16. The van der Waals surface area contributed by atoms with Crippen molar-refractivity contribution in [1.29, 1.82) is 0 Å². The van der Waals surface area contributed by atoms with Gasteiger partial charge in [-0.15, -0.1) is 0 Å². The van der Waals surface area contributed by atoms with Crippen molar-refractivity contribution in [2.45, 2.75) is 90.5 Å². The Morgan fingerprint density at radius 3 is 2.00 bits per heavy atom. The zero-order valence-electron chi connectivity index (χ0n) is 19.3. The lowest BCUT2D eigenvalue weighted by Crippen LogP contribution is -2.32. The molecule has 0 aliphatic rings. The lowest BCUT2D eigenvalue weighted by atomic mass is 10.1. The molecule has 0 saturated carbocycles. The summed E-state index contributed by atoms with van der Waals surface area (Å²) in [6, 6.07) is 10.5. The highest BCUT2D eigenvalue weighted by Crippen LogP contribution is 2.13. The Balaban J connectivity index is 1.56. The quantitative estimate of drug-likeness (QED) is 0.134. The number of phenols is 1. The fourth-order valence-electron chi connectivity index (χ4n) is 3.79. The molecule has 0 bridgehead atoms. The number of ketones is 1. The van der Waals surface area contributed by atoms with Gasteiger partial charge in [-0.3, -0.25) is 4.79 Å². The first-order valence-corrected chi connectivity index (χ1v) is 12.2. The Labute approximate surface area is 188 Å². The number of allylic oxidation sites excluding steroid dienone is 1. The Morgan fingerprint density at radius 1 is 0.839 bits per heavy atom. The summed E-state index contributed by atoms with van der Waals surface area (Å²) < 4.78 is 2.21. The van der Waals surface area contributed by atoms with Crippen molar-refractivity contribution in [2.24, 2.45) is 0 Å². The fraction of sp³-hybridized carbons (Fsp3) is 0.500. The third kappa shape index (κ3) is 11.0. The Morgan fingerprint density at radius 2 is 1.42 bits per heavy atom. The van der Waals surface area contributed by atoms with Crippen LogP contribution in [0.3, 0.4) is 0 Å². The maximum atomic E-state index is 12.2. The molecule has 1 N–H and O–H groups in total. The number of carbonyl (C=O) groups excluding carboxylic acids is 1. The number of aryl methyl sites for hydroxylation is 1. The zero-order valence-corrected chi connectivity index (χ0v) is 19.3. The summed E-state index contributed by atoms with van der Waals surface area (Å²) >= 11 is 0. The van der Waals surface area contributed by atoms with Gasteiger partial charge in [-0.25, -0.2) is 4.57 Å². The molecule has 1 aromatic heterocycles. The summed E-state index contributed by atoms with van der Waals surface area (Å²) in [5.74, 6) is 0.00179. The van der Waals surface area contributed by atoms with Crippen molar-refractivity contribution in [3.8, 4) is 5.75 Å². The van der Waals surface area contributed by atoms with Crippen molar-refractivity contribution >= 4 is 11.9 Å². The predicted octanol–water partition coefficient (Wildman–Crippen LogP) is 7.28. The van der Waals surface area contributed by atoms with Gasteiger partial charge in [0.05, 0.1) is 0 Å². The number of phenolic OH excluding ortho intramolecular Hbond substituents is 1. The van der Waals surface area contributed by atoms with Gasteiger partial charge < -0.3 is 5.11 Å². The average molecular weight is 423 g/mol. The number of benzene rings is 1. The van der Waals surface area contributed by atoms with E-state index in [1.54, 1.807) is 24.3 Å². The van der Waals surface area contributed by atoms with Crippen LogP contribution >= 0.6 is 0 Å². The van der Waals surface area contributed by atoms with Crippen molar-refractivity contribution in [1.82, 2.24) is 0 Å². The smallest absolute Gasteiger partial charge is 0.185 e. The van der Waals surface area contributed by atoms with Crippen LogP contribution in [-0.2, 0) is 6.54 Å². The van der Waals surface area contributed by atoms with E-state index in [2.05, 4.69) is 23.9 Å². The monoisotopic (exact) mass is 422 g/mol. The first-order valence-electron chi connectivity index (χ1n) is 12.2. The summed E-state index contributed by atoms with van der Waals surface area (Å²) in [5.41, 5.74) is 1.49. The molecule has 0 spiro atoms. The number of aromatic nitrogens is 1. The maximum absolute atomic E-state index is 12.2. The standard InChI is InChI=1S/C28H39NO2/c1-2-3-4-5-6-7-8-9-10-11-12-13-21-29-22-19-25(20-23-29)17-18-28(31)26-15-14-16-27(30)24-26/h14-20,22-24H,2-13,21H2,1H3/p+1/b18-17+. The Kier molecular flexibility index (Phi) is 12.3. The van der Waals surface area contributed by atoms with E-state index in [-0.39, 0.29) is 11.5 Å². The molecule has 3 heteroatoms. The van der Waals surface area contributed by atoms with Crippen LogP contribution in [0, 0.1) is 0 Å². The molecule has 0 fully saturated rings. The molecule has 0 aliphatic heterocycles. The Bertz CT molecular complexity index is 780. The van der Waals surface area contributed by atoms with Gasteiger partial charge in [-0.1, -0.05) is 89.3 Å². The summed E-state index contributed by atoms with van der Waals surface area (Å²) in [4.78, 5) is 12.2. The summed E-state index contributed by atoms with van der Waals surface area (Å²) in [6.45, 7) is 3.32. The fourth-order valence-corrected chi connectivity index (χ4v) is 3.79. The minimum absolute atomic E-state index is 0.107. The highest BCUT2D eigenvalue weighted by molar-refractivity contribution is 6.06. The van der Waals surface area contributed by atoms with E-state index >= 15 is 0 Å². The molecule has 2 aromatic rings. The molecule has 1 aromatic carbocycles. The lowest BCUT2D eigenvalue weighted by molar-refractivity contribution is -0.697. The molecule has 168 valence electrons. The van der Waals surface area contributed by atoms with Crippen LogP contribution in [0.2, 0.25) is 0 Å². The first-order chi connectivity index (χ1) is 15.2. The molecule has 1 heterocycles. The number of carbonyl (C=O) groups is 1. The van der Waals surface area contributed by atoms with Crippen molar-refractivity contribution < 1.29 is 14.5 Å². The molecule has 0 saturated heterocycles. The molecular weight excluding hydrogens is 382 g/mol.